The summed E-state index contributed by atoms with van der Waals surface area (Å²) in [5.74, 6) is 0.111. The summed E-state index contributed by atoms with van der Waals surface area (Å²) < 4.78 is 28.7. The molecule has 0 bridgehead atoms. The second kappa shape index (κ2) is 8.67. The van der Waals surface area contributed by atoms with Crippen molar-refractivity contribution in [3.8, 4) is 5.75 Å². The largest absolute Gasteiger partial charge is 0.435 e. The van der Waals surface area contributed by atoms with Gasteiger partial charge in [0.2, 0.25) is 0 Å². The van der Waals surface area contributed by atoms with E-state index in [0.29, 0.717) is 10.7 Å². The summed E-state index contributed by atoms with van der Waals surface area (Å²) >= 11 is 6.30. The molecule has 0 aliphatic heterocycles. The fourth-order valence-corrected chi connectivity index (χ4v) is 2.23. The van der Waals surface area contributed by atoms with Crippen molar-refractivity contribution >= 4 is 35.0 Å². The van der Waals surface area contributed by atoms with E-state index in [1.165, 1.54) is 12.1 Å². The van der Waals surface area contributed by atoms with Crippen LogP contribution >= 0.6 is 11.6 Å². The third kappa shape index (κ3) is 5.60. The zero-order valence-electron chi connectivity index (χ0n) is 14.3. The zero-order chi connectivity index (χ0) is 18.4. The number of benzene rings is 2. The van der Waals surface area contributed by atoms with E-state index in [0.717, 1.165) is 23.5 Å². The highest BCUT2D eigenvalue weighted by Crippen LogP contribution is 2.33. The topological polar surface area (TPSA) is 36.9 Å². The molecule has 0 heterocycles. The third-order valence-corrected chi connectivity index (χ3v) is 3.85. The third-order valence-electron chi connectivity index (χ3n) is 3.55. The van der Waals surface area contributed by atoms with E-state index in [1.54, 1.807) is 24.5 Å². The maximum absolute atomic E-state index is 12.2. The Morgan fingerprint density at radius 2 is 1.96 bits per heavy atom. The van der Waals surface area contributed by atoms with Crippen molar-refractivity contribution in [2.24, 2.45) is 4.99 Å². The van der Waals surface area contributed by atoms with Gasteiger partial charge in [-0.05, 0) is 55.8 Å². The number of hydrogen-bond donors (Lipinski definition) is 1. The van der Waals surface area contributed by atoms with E-state index in [9.17, 15) is 8.78 Å². The first-order valence-electron chi connectivity index (χ1n) is 7.75. The highest BCUT2D eigenvalue weighted by Gasteiger charge is 2.07. The predicted molar refractivity (Wildman–Crippen MR) is 99.0 cm³/mol. The van der Waals surface area contributed by atoms with Crippen molar-refractivity contribution in [1.29, 1.82) is 0 Å². The average molecular weight is 368 g/mol. The van der Waals surface area contributed by atoms with Gasteiger partial charge in [0.1, 0.15) is 5.75 Å². The molecular weight excluding hydrogens is 348 g/mol. The van der Waals surface area contributed by atoms with E-state index in [4.69, 9.17) is 11.6 Å². The van der Waals surface area contributed by atoms with Crippen LogP contribution in [0.15, 0.2) is 41.4 Å². The Hall–Kier alpha value is -2.34. The van der Waals surface area contributed by atoms with Crippen LogP contribution in [-0.2, 0) is 0 Å². The first-order chi connectivity index (χ1) is 11.9. The Morgan fingerprint density at radius 1 is 1.28 bits per heavy atom. The predicted octanol–water partition coefficient (Wildman–Crippen LogP) is 5.60. The van der Waals surface area contributed by atoms with Gasteiger partial charge in [0.25, 0.3) is 0 Å². The highest BCUT2D eigenvalue weighted by atomic mass is 35.5. The molecule has 2 aromatic rings. The lowest BCUT2D eigenvalue weighted by atomic mass is 10.1. The molecule has 1 N–H and O–H groups in total. The van der Waals surface area contributed by atoms with Crippen molar-refractivity contribution in [3.05, 3.63) is 47.0 Å². The summed E-state index contributed by atoms with van der Waals surface area (Å²) in [6.07, 6.45) is 1.73. The number of nitrogens with one attached hydrogen (secondary N) is 1. The van der Waals surface area contributed by atoms with Gasteiger partial charge in [0.15, 0.2) is 0 Å². The summed E-state index contributed by atoms with van der Waals surface area (Å²) in [5.41, 5.74) is 3.20. The zero-order valence-corrected chi connectivity index (χ0v) is 15.0. The Bertz CT molecular complexity index is 736. The van der Waals surface area contributed by atoms with Crippen molar-refractivity contribution < 1.29 is 13.5 Å². The minimum absolute atomic E-state index is 0.111. The number of ether oxygens (including phenoxy) is 1. The van der Waals surface area contributed by atoms with Crippen LogP contribution in [0.5, 0.6) is 5.75 Å². The van der Waals surface area contributed by atoms with Gasteiger partial charge >= 0.3 is 6.61 Å². The number of hydrogen-bond acceptors (Lipinski definition) is 3. The van der Waals surface area contributed by atoms with Gasteiger partial charge in [-0.2, -0.15) is 8.78 Å². The second-order valence-corrected chi connectivity index (χ2v) is 5.87. The second-order valence-electron chi connectivity index (χ2n) is 5.46. The number of aryl methyl sites for hydroxylation is 1. The number of alkyl halides is 2. The molecule has 0 aliphatic carbocycles. The summed E-state index contributed by atoms with van der Waals surface area (Å²) in [4.78, 5) is 6.32. The van der Waals surface area contributed by atoms with Crippen LogP contribution < -0.4 is 10.1 Å². The van der Waals surface area contributed by atoms with E-state index in [-0.39, 0.29) is 5.75 Å². The van der Waals surface area contributed by atoms with Crippen LogP contribution in [0.25, 0.3) is 0 Å². The molecule has 0 radical (unpaired) electrons. The van der Waals surface area contributed by atoms with Crippen molar-refractivity contribution in [2.75, 3.05) is 18.9 Å². The molecule has 0 amide bonds. The summed E-state index contributed by atoms with van der Waals surface area (Å²) in [5, 5.41) is 3.73. The van der Waals surface area contributed by atoms with E-state index in [2.05, 4.69) is 15.0 Å². The average Bonchev–Trinajstić information content (AvgIpc) is 2.57. The summed E-state index contributed by atoms with van der Waals surface area (Å²) in [7, 11) is 1.93. The fourth-order valence-electron chi connectivity index (χ4n) is 2.02. The lowest BCUT2D eigenvalue weighted by molar-refractivity contribution is -0.0498. The normalized spacial score (nSPS) is 11.2. The van der Waals surface area contributed by atoms with E-state index in [1.807, 2.05) is 31.9 Å². The maximum atomic E-state index is 12.2. The molecule has 4 nitrogen and oxygen atoms in total. The van der Waals surface area contributed by atoms with Gasteiger partial charge in [-0.15, -0.1) is 0 Å². The first kappa shape index (κ1) is 19.0. The van der Waals surface area contributed by atoms with Gasteiger partial charge in [0.05, 0.1) is 17.0 Å². The Morgan fingerprint density at radius 3 is 2.56 bits per heavy atom. The molecule has 0 saturated carbocycles. The monoisotopic (exact) mass is 367 g/mol. The number of halogens is 3. The van der Waals surface area contributed by atoms with Crippen molar-refractivity contribution in [2.45, 2.75) is 20.5 Å². The molecule has 0 aliphatic rings. The van der Waals surface area contributed by atoms with Crippen LogP contribution in [0.1, 0.15) is 12.5 Å². The molecule has 2 aromatic carbocycles. The molecule has 0 unspecified atom stereocenters. The summed E-state index contributed by atoms with van der Waals surface area (Å²) in [6, 6.07) is 9.95. The van der Waals surface area contributed by atoms with Crippen LogP contribution in [0, 0.1) is 6.92 Å². The van der Waals surface area contributed by atoms with E-state index >= 15 is 0 Å². The Labute approximate surface area is 151 Å². The molecule has 7 heteroatoms. The Kier molecular flexibility index (Phi) is 6.58. The molecule has 134 valence electrons. The Balaban J connectivity index is 2.15. The fraction of sp³-hybridized carbons (Fsp3) is 0.278. The van der Waals surface area contributed by atoms with Crippen molar-refractivity contribution in [1.82, 2.24) is 4.90 Å². The number of rotatable bonds is 7. The molecule has 25 heavy (non-hydrogen) atoms. The molecular formula is C18H20ClF2N3O. The molecule has 0 spiro atoms. The lowest BCUT2D eigenvalue weighted by Gasteiger charge is -2.13. The van der Waals surface area contributed by atoms with E-state index < -0.39 is 6.61 Å². The van der Waals surface area contributed by atoms with Crippen LogP contribution in [-0.4, -0.2) is 31.4 Å². The quantitative estimate of drug-likeness (QED) is 0.511. The van der Waals surface area contributed by atoms with Gasteiger partial charge in [-0.25, -0.2) is 4.99 Å². The first-order valence-corrected chi connectivity index (χ1v) is 8.13. The molecule has 0 saturated heterocycles. The molecule has 0 aromatic heterocycles. The maximum Gasteiger partial charge on any atom is 0.387 e. The highest BCUT2D eigenvalue weighted by molar-refractivity contribution is 6.33. The molecule has 0 atom stereocenters. The van der Waals surface area contributed by atoms with Crippen LogP contribution in [0.4, 0.5) is 25.8 Å². The standard InChI is InChI=1S/C18H20ClF2N3O/c1-4-24(3)11-22-17-9-12(2)16(10-15(17)19)23-13-5-7-14(8-6-13)25-18(20)21/h5-11,18,23H,4H2,1-3H3. The minimum Gasteiger partial charge on any atom is -0.435 e. The lowest BCUT2D eigenvalue weighted by Crippen LogP contribution is -2.14. The summed E-state index contributed by atoms with van der Waals surface area (Å²) in [6.45, 7) is 1.99. The van der Waals surface area contributed by atoms with Crippen LogP contribution in [0.3, 0.4) is 0 Å². The molecule has 0 fully saturated rings. The van der Waals surface area contributed by atoms with Crippen LogP contribution in [0.2, 0.25) is 5.02 Å². The minimum atomic E-state index is -2.83. The number of anilines is 2. The van der Waals surface area contributed by atoms with Gasteiger partial charge < -0.3 is 15.0 Å². The van der Waals surface area contributed by atoms with Gasteiger partial charge in [0, 0.05) is 25.0 Å². The van der Waals surface area contributed by atoms with Gasteiger partial charge in [-0.3, -0.25) is 0 Å². The smallest absolute Gasteiger partial charge is 0.387 e. The number of nitrogens with zero attached hydrogens (tertiary/aromatic N) is 2. The van der Waals surface area contributed by atoms with Crippen molar-refractivity contribution in [3.63, 3.8) is 0 Å². The van der Waals surface area contributed by atoms with Gasteiger partial charge in [-0.1, -0.05) is 11.6 Å². The molecule has 2 rings (SSSR count). The SMILES string of the molecule is CCN(C)C=Nc1cc(C)c(Nc2ccc(OC(F)F)cc2)cc1Cl. The number of aliphatic imine (C=N–C) groups is 1.